The molecule has 4 aromatic carbocycles. The third kappa shape index (κ3) is 6.83. The van der Waals surface area contributed by atoms with Gasteiger partial charge >= 0.3 is 12.1 Å². The lowest BCUT2D eigenvalue weighted by atomic mass is 9.92. The van der Waals surface area contributed by atoms with Crippen LogP contribution in [0.2, 0.25) is 0 Å². The number of aliphatic carboxylic acids is 1. The minimum atomic E-state index is -1.21. The lowest BCUT2D eigenvalue weighted by molar-refractivity contribution is -0.142. The smallest absolute Gasteiger partial charge is 0.407 e. The van der Waals surface area contributed by atoms with Crippen LogP contribution in [0.4, 0.5) is 4.79 Å². The van der Waals surface area contributed by atoms with Gasteiger partial charge < -0.3 is 25.6 Å². The first-order valence-corrected chi connectivity index (χ1v) is 11.9. The van der Waals surface area contributed by atoms with Gasteiger partial charge in [0.05, 0.1) is 12.5 Å². The Hall–Kier alpha value is -4.43. The van der Waals surface area contributed by atoms with Gasteiger partial charge in [-0.25, -0.2) is 9.59 Å². The number of ether oxygens (including phenoxy) is 1. The fraction of sp³-hybridized carbons (Fsp3) is 0.207. The standard InChI is InChI=1S/C29H28N2O6/c32-22(17-30-29(36)37-18-19-8-2-1-3-9-19)15-27(33)31-26(28(34)35)16-25-23-12-6-4-10-20(23)14-21-11-5-7-13-24(21)25/h1-14,22,26,32H,15-18H2,(H,30,36)(H,31,33)(H,34,35)/t22-,26+/m0/s1. The van der Waals surface area contributed by atoms with E-state index in [0.29, 0.717) is 0 Å². The van der Waals surface area contributed by atoms with Crippen molar-refractivity contribution in [1.82, 2.24) is 10.6 Å². The molecule has 0 unspecified atom stereocenters. The fourth-order valence-corrected chi connectivity index (χ4v) is 4.25. The fourth-order valence-electron chi connectivity index (χ4n) is 4.25. The summed E-state index contributed by atoms with van der Waals surface area (Å²) >= 11 is 0. The zero-order valence-corrected chi connectivity index (χ0v) is 20.1. The average Bonchev–Trinajstić information content (AvgIpc) is 2.90. The van der Waals surface area contributed by atoms with Gasteiger partial charge in [0.15, 0.2) is 0 Å². The molecule has 0 aliphatic carbocycles. The normalized spacial score (nSPS) is 12.6. The van der Waals surface area contributed by atoms with E-state index in [0.717, 1.165) is 32.7 Å². The van der Waals surface area contributed by atoms with Crippen LogP contribution >= 0.6 is 0 Å². The highest BCUT2D eigenvalue weighted by molar-refractivity contribution is 6.02. The average molecular weight is 501 g/mol. The Morgan fingerprint density at radius 1 is 0.838 bits per heavy atom. The van der Waals surface area contributed by atoms with E-state index in [1.54, 1.807) is 0 Å². The predicted molar refractivity (Wildman–Crippen MR) is 140 cm³/mol. The first-order valence-electron chi connectivity index (χ1n) is 11.9. The number of carboxylic acids is 1. The van der Waals surface area contributed by atoms with Crippen molar-refractivity contribution < 1.29 is 29.3 Å². The van der Waals surface area contributed by atoms with Gasteiger partial charge in [0.1, 0.15) is 12.6 Å². The van der Waals surface area contributed by atoms with Gasteiger partial charge in [-0.05, 0) is 38.7 Å². The van der Waals surface area contributed by atoms with Gasteiger partial charge in [0, 0.05) is 13.0 Å². The molecule has 8 nitrogen and oxygen atoms in total. The zero-order chi connectivity index (χ0) is 26.2. The van der Waals surface area contributed by atoms with Crippen LogP contribution in [0.25, 0.3) is 21.5 Å². The highest BCUT2D eigenvalue weighted by Gasteiger charge is 2.24. The van der Waals surface area contributed by atoms with Crippen LogP contribution in [0.15, 0.2) is 84.9 Å². The Labute approximate surface area is 213 Å². The van der Waals surface area contributed by atoms with Gasteiger partial charge in [-0.3, -0.25) is 4.79 Å². The number of carboxylic acid groups (broad SMARTS) is 1. The number of rotatable bonds is 10. The van der Waals surface area contributed by atoms with Crippen molar-refractivity contribution in [2.45, 2.75) is 31.6 Å². The highest BCUT2D eigenvalue weighted by atomic mass is 16.5. The van der Waals surface area contributed by atoms with Crippen LogP contribution in [0.5, 0.6) is 0 Å². The van der Waals surface area contributed by atoms with E-state index in [2.05, 4.69) is 16.7 Å². The van der Waals surface area contributed by atoms with Crippen molar-refractivity contribution in [3.05, 3.63) is 96.1 Å². The van der Waals surface area contributed by atoms with E-state index in [9.17, 15) is 24.6 Å². The maximum absolute atomic E-state index is 12.6. The summed E-state index contributed by atoms with van der Waals surface area (Å²) in [6.07, 6.45) is -2.24. The summed E-state index contributed by atoms with van der Waals surface area (Å²) in [7, 11) is 0. The largest absolute Gasteiger partial charge is 0.480 e. The van der Waals surface area contributed by atoms with Crippen LogP contribution < -0.4 is 10.6 Å². The summed E-state index contributed by atoms with van der Waals surface area (Å²) in [5.41, 5.74) is 1.64. The molecule has 4 N–H and O–H groups in total. The lowest BCUT2D eigenvalue weighted by Crippen LogP contribution is -2.44. The molecule has 4 aromatic rings. The van der Waals surface area contributed by atoms with Crippen LogP contribution in [0, 0.1) is 0 Å². The Morgan fingerprint density at radius 2 is 1.43 bits per heavy atom. The molecule has 37 heavy (non-hydrogen) atoms. The van der Waals surface area contributed by atoms with E-state index in [-0.39, 0.29) is 26.0 Å². The van der Waals surface area contributed by atoms with Crippen molar-refractivity contribution in [2.24, 2.45) is 0 Å². The molecular formula is C29H28N2O6. The number of amides is 2. The molecule has 2 atom stereocenters. The summed E-state index contributed by atoms with van der Waals surface area (Å²) in [5, 5.41) is 28.8. The number of aliphatic hydroxyl groups is 1. The molecule has 0 saturated carbocycles. The molecule has 0 aromatic heterocycles. The predicted octanol–water partition coefficient (Wildman–Crippen LogP) is 3.78. The first-order chi connectivity index (χ1) is 17.9. The number of aliphatic hydroxyl groups excluding tert-OH is 1. The van der Waals surface area contributed by atoms with E-state index in [4.69, 9.17) is 4.74 Å². The Balaban J connectivity index is 1.36. The first kappa shape index (κ1) is 25.7. The van der Waals surface area contributed by atoms with Crippen LogP contribution in [-0.2, 0) is 27.4 Å². The second kappa shape index (κ2) is 12.0. The summed E-state index contributed by atoms with van der Waals surface area (Å²) in [4.78, 5) is 36.5. The maximum atomic E-state index is 12.6. The van der Waals surface area contributed by atoms with E-state index < -0.39 is 30.1 Å². The van der Waals surface area contributed by atoms with Gasteiger partial charge in [-0.1, -0.05) is 78.9 Å². The number of carbonyl (C=O) groups is 3. The van der Waals surface area contributed by atoms with Gasteiger partial charge in [-0.2, -0.15) is 0 Å². The SMILES string of the molecule is O=C(C[C@H](O)CNC(=O)OCc1ccccc1)N[C@H](Cc1c2ccccc2cc2ccccc12)C(=O)O. The number of carbonyl (C=O) groups excluding carboxylic acids is 2. The number of hydrogen-bond donors (Lipinski definition) is 4. The monoisotopic (exact) mass is 500 g/mol. The topological polar surface area (TPSA) is 125 Å². The minimum absolute atomic E-state index is 0.0725. The number of hydrogen-bond acceptors (Lipinski definition) is 5. The highest BCUT2D eigenvalue weighted by Crippen LogP contribution is 2.29. The van der Waals surface area contributed by atoms with Crippen molar-refractivity contribution >= 4 is 39.5 Å². The van der Waals surface area contributed by atoms with E-state index >= 15 is 0 Å². The molecule has 2 amide bonds. The van der Waals surface area contributed by atoms with Crippen molar-refractivity contribution in [3.63, 3.8) is 0 Å². The molecule has 4 rings (SSSR count). The summed E-state index contributed by atoms with van der Waals surface area (Å²) in [5.74, 6) is -1.81. The zero-order valence-electron chi connectivity index (χ0n) is 20.1. The number of fused-ring (bicyclic) bond motifs is 2. The third-order valence-corrected chi connectivity index (χ3v) is 6.04. The Bertz CT molecular complexity index is 1350. The second-order valence-corrected chi connectivity index (χ2v) is 8.76. The Morgan fingerprint density at radius 3 is 2.05 bits per heavy atom. The van der Waals surface area contributed by atoms with E-state index in [1.807, 2.05) is 78.9 Å². The quantitative estimate of drug-likeness (QED) is 0.246. The molecule has 190 valence electrons. The van der Waals surface area contributed by atoms with Crippen LogP contribution in [0.1, 0.15) is 17.5 Å². The van der Waals surface area contributed by atoms with Crippen LogP contribution in [0.3, 0.4) is 0 Å². The number of alkyl carbamates (subject to hydrolysis) is 1. The number of nitrogens with one attached hydrogen (secondary N) is 2. The maximum Gasteiger partial charge on any atom is 0.407 e. The van der Waals surface area contributed by atoms with Gasteiger partial charge in [0.25, 0.3) is 0 Å². The van der Waals surface area contributed by atoms with Crippen molar-refractivity contribution in [1.29, 1.82) is 0 Å². The second-order valence-electron chi connectivity index (χ2n) is 8.76. The molecule has 8 heteroatoms. The van der Waals surface area contributed by atoms with E-state index in [1.165, 1.54) is 0 Å². The molecule has 0 heterocycles. The van der Waals surface area contributed by atoms with Crippen molar-refractivity contribution in [2.75, 3.05) is 6.54 Å². The molecule has 0 aliphatic rings. The lowest BCUT2D eigenvalue weighted by Gasteiger charge is -2.19. The molecule has 0 aliphatic heterocycles. The molecule has 0 saturated heterocycles. The molecule has 0 radical (unpaired) electrons. The third-order valence-electron chi connectivity index (χ3n) is 6.04. The summed E-state index contributed by atoms with van der Waals surface area (Å²) < 4.78 is 5.08. The Kier molecular flexibility index (Phi) is 8.33. The van der Waals surface area contributed by atoms with Gasteiger partial charge in [-0.15, -0.1) is 0 Å². The molecule has 0 fully saturated rings. The van der Waals surface area contributed by atoms with Crippen LogP contribution in [-0.4, -0.2) is 46.9 Å². The summed E-state index contributed by atoms with van der Waals surface area (Å²) in [6.45, 7) is -0.140. The van der Waals surface area contributed by atoms with Gasteiger partial charge in [0.2, 0.25) is 5.91 Å². The number of benzene rings is 4. The minimum Gasteiger partial charge on any atom is -0.480 e. The van der Waals surface area contributed by atoms with Crippen molar-refractivity contribution in [3.8, 4) is 0 Å². The summed E-state index contributed by atoms with van der Waals surface area (Å²) in [6, 6.07) is 25.4. The molecule has 0 bridgehead atoms. The molecular weight excluding hydrogens is 472 g/mol. The molecule has 0 spiro atoms.